The van der Waals surface area contributed by atoms with Crippen LogP contribution in [-0.4, -0.2) is 27.6 Å². The van der Waals surface area contributed by atoms with Gasteiger partial charge in [-0.1, -0.05) is 34.4 Å². The summed E-state index contributed by atoms with van der Waals surface area (Å²) >= 11 is 12.3. The van der Waals surface area contributed by atoms with Crippen molar-refractivity contribution in [1.82, 2.24) is 15.0 Å². The lowest BCUT2D eigenvalue weighted by molar-refractivity contribution is 0.193. The second-order valence-electron chi connectivity index (χ2n) is 6.34. The molecule has 3 aromatic rings. The summed E-state index contributed by atoms with van der Waals surface area (Å²) < 4.78 is 18.5. The number of nitrogens with zero attached hydrogens (tertiary/aromatic N) is 3. The number of nitrogens with one attached hydrogen (secondary N) is 1. The molecule has 0 saturated carbocycles. The van der Waals surface area contributed by atoms with Crippen molar-refractivity contribution in [2.45, 2.75) is 18.9 Å². The van der Waals surface area contributed by atoms with Gasteiger partial charge in [0.15, 0.2) is 0 Å². The molecule has 2 aromatic carbocycles. The van der Waals surface area contributed by atoms with Gasteiger partial charge in [0.2, 0.25) is 11.7 Å². The van der Waals surface area contributed by atoms with Crippen molar-refractivity contribution in [3.05, 3.63) is 64.2 Å². The summed E-state index contributed by atoms with van der Waals surface area (Å²) in [6, 6.07) is 10.1. The third-order valence-corrected chi connectivity index (χ3v) is 5.17. The molecular formula is C19H15Cl2FN4O2. The molecule has 0 spiro atoms. The number of hydrogen-bond acceptors (Lipinski definition) is 4. The van der Waals surface area contributed by atoms with Gasteiger partial charge in [0.25, 0.3) is 0 Å². The van der Waals surface area contributed by atoms with Gasteiger partial charge in [0, 0.05) is 12.1 Å². The first-order valence-corrected chi connectivity index (χ1v) is 9.39. The molecule has 6 nitrogen and oxygen atoms in total. The molecule has 0 aliphatic carbocycles. The van der Waals surface area contributed by atoms with Gasteiger partial charge in [-0.25, -0.2) is 9.18 Å². The highest BCUT2D eigenvalue weighted by molar-refractivity contribution is 6.39. The van der Waals surface area contributed by atoms with Crippen LogP contribution >= 0.6 is 23.2 Å². The Balaban J connectivity index is 1.54. The van der Waals surface area contributed by atoms with Gasteiger partial charge in [0.1, 0.15) is 11.9 Å². The molecule has 0 radical (unpaired) electrons. The summed E-state index contributed by atoms with van der Waals surface area (Å²) in [5.41, 5.74) is 0.993. The van der Waals surface area contributed by atoms with Crippen LogP contribution in [0.4, 0.5) is 14.9 Å². The molecule has 0 bridgehead atoms. The van der Waals surface area contributed by atoms with Crippen LogP contribution in [0.2, 0.25) is 10.0 Å². The predicted molar refractivity (Wildman–Crippen MR) is 104 cm³/mol. The molecule has 2 heterocycles. The monoisotopic (exact) mass is 420 g/mol. The third-order valence-electron chi connectivity index (χ3n) is 4.54. The van der Waals surface area contributed by atoms with E-state index < -0.39 is 0 Å². The molecule has 9 heteroatoms. The first-order chi connectivity index (χ1) is 13.5. The fourth-order valence-electron chi connectivity index (χ4n) is 3.15. The van der Waals surface area contributed by atoms with Crippen LogP contribution in [0.1, 0.15) is 24.8 Å². The number of halogens is 3. The number of anilines is 1. The van der Waals surface area contributed by atoms with Crippen LogP contribution in [0, 0.1) is 5.82 Å². The molecule has 1 unspecified atom stereocenters. The number of carbonyl (C=O) groups is 1. The van der Waals surface area contributed by atoms with E-state index in [0.717, 1.165) is 6.42 Å². The topological polar surface area (TPSA) is 71.3 Å². The van der Waals surface area contributed by atoms with Crippen LogP contribution in [0.25, 0.3) is 11.4 Å². The highest BCUT2D eigenvalue weighted by atomic mass is 35.5. The Morgan fingerprint density at radius 3 is 2.61 bits per heavy atom. The van der Waals surface area contributed by atoms with E-state index in [1.54, 1.807) is 35.2 Å². The Bertz CT molecular complexity index is 989. The number of aromatic nitrogens is 2. The van der Waals surface area contributed by atoms with Crippen molar-refractivity contribution in [1.29, 1.82) is 0 Å². The van der Waals surface area contributed by atoms with E-state index in [1.807, 2.05) is 0 Å². The Labute approximate surface area is 170 Å². The molecular weight excluding hydrogens is 406 g/mol. The van der Waals surface area contributed by atoms with Gasteiger partial charge in [-0.3, -0.25) is 0 Å². The molecule has 1 aliphatic heterocycles. The third kappa shape index (κ3) is 3.68. The van der Waals surface area contributed by atoms with Crippen LogP contribution < -0.4 is 5.32 Å². The van der Waals surface area contributed by atoms with Crippen molar-refractivity contribution in [2.24, 2.45) is 0 Å². The summed E-state index contributed by atoms with van der Waals surface area (Å²) in [6.45, 7) is 0.535. The highest BCUT2D eigenvalue weighted by Crippen LogP contribution is 2.35. The Morgan fingerprint density at radius 1 is 1.18 bits per heavy atom. The molecule has 28 heavy (non-hydrogen) atoms. The van der Waals surface area contributed by atoms with Gasteiger partial charge >= 0.3 is 6.03 Å². The normalized spacial score (nSPS) is 16.4. The second kappa shape index (κ2) is 7.77. The lowest BCUT2D eigenvalue weighted by Crippen LogP contribution is -2.34. The van der Waals surface area contributed by atoms with Gasteiger partial charge in [-0.2, -0.15) is 4.98 Å². The number of para-hydroxylation sites is 1. The zero-order valence-electron chi connectivity index (χ0n) is 14.5. The van der Waals surface area contributed by atoms with Crippen LogP contribution in [0.5, 0.6) is 0 Å². The summed E-state index contributed by atoms with van der Waals surface area (Å²) in [5, 5.41) is 7.42. The number of benzene rings is 2. The van der Waals surface area contributed by atoms with Crippen molar-refractivity contribution < 1.29 is 13.7 Å². The Hall–Kier alpha value is -2.64. The maximum absolute atomic E-state index is 13.1. The van der Waals surface area contributed by atoms with Crippen molar-refractivity contribution >= 4 is 34.9 Å². The van der Waals surface area contributed by atoms with Crippen molar-refractivity contribution in [2.75, 3.05) is 11.9 Å². The van der Waals surface area contributed by atoms with E-state index in [4.69, 9.17) is 27.7 Å². The molecule has 144 valence electrons. The molecule has 1 aliphatic rings. The van der Waals surface area contributed by atoms with E-state index >= 15 is 0 Å². The molecule has 1 atom stereocenters. The average molecular weight is 421 g/mol. The first kappa shape index (κ1) is 18.7. The number of hydrogen-bond donors (Lipinski definition) is 1. The Kier molecular flexibility index (Phi) is 5.19. The summed E-state index contributed by atoms with van der Waals surface area (Å²) in [6.07, 6.45) is 1.48. The summed E-state index contributed by atoms with van der Waals surface area (Å²) in [7, 11) is 0. The minimum absolute atomic E-state index is 0.331. The van der Waals surface area contributed by atoms with E-state index in [9.17, 15) is 9.18 Å². The molecule has 2 amide bonds. The quantitative estimate of drug-likeness (QED) is 0.602. The fourth-order valence-corrected chi connectivity index (χ4v) is 3.64. The maximum atomic E-state index is 13.1. The molecule has 1 saturated heterocycles. The van der Waals surface area contributed by atoms with Crippen LogP contribution in [0.15, 0.2) is 47.0 Å². The number of rotatable bonds is 3. The van der Waals surface area contributed by atoms with Gasteiger partial charge < -0.3 is 14.7 Å². The zero-order chi connectivity index (χ0) is 19.7. The molecule has 1 N–H and O–H groups in total. The molecule has 1 fully saturated rings. The van der Waals surface area contributed by atoms with E-state index in [2.05, 4.69) is 15.5 Å². The van der Waals surface area contributed by atoms with Crippen LogP contribution in [-0.2, 0) is 0 Å². The van der Waals surface area contributed by atoms with Gasteiger partial charge in [0.05, 0.1) is 15.7 Å². The zero-order valence-corrected chi connectivity index (χ0v) is 16.0. The Morgan fingerprint density at radius 2 is 1.89 bits per heavy atom. The highest BCUT2D eigenvalue weighted by Gasteiger charge is 2.34. The SMILES string of the molecule is O=C(Nc1c(Cl)cccc1Cl)N1CCCC1c1nc(-c2ccc(F)cc2)no1. The minimum Gasteiger partial charge on any atom is -0.337 e. The lowest BCUT2D eigenvalue weighted by Gasteiger charge is -2.22. The minimum atomic E-state index is -0.358. The molecule has 4 rings (SSSR count). The maximum Gasteiger partial charge on any atom is 0.322 e. The van der Waals surface area contributed by atoms with E-state index in [0.29, 0.717) is 46.0 Å². The smallest absolute Gasteiger partial charge is 0.322 e. The molecule has 1 aromatic heterocycles. The van der Waals surface area contributed by atoms with Gasteiger partial charge in [-0.05, 0) is 49.2 Å². The number of urea groups is 1. The van der Waals surface area contributed by atoms with Crippen LogP contribution in [0.3, 0.4) is 0 Å². The van der Waals surface area contributed by atoms with E-state index in [-0.39, 0.29) is 17.9 Å². The second-order valence-corrected chi connectivity index (χ2v) is 7.16. The lowest BCUT2D eigenvalue weighted by atomic mass is 10.2. The first-order valence-electron chi connectivity index (χ1n) is 8.64. The predicted octanol–water partition coefficient (Wildman–Crippen LogP) is 5.55. The number of likely N-dealkylation sites (tertiary alicyclic amines) is 1. The average Bonchev–Trinajstić information content (AvgIpc) is 3.34. The summed E-state index contributed by atoms with van der Waals surface area (Å²) in [5.74, 6) is 0.331. The number of amides is 2. The van der Waals surface area contributed by atoms with Gasteiger partial charge in [-0.15, -0.1) is 0 Å². The standard InChI is InChI=1S/C19H15Cl2FN4O2/c20-13-3-1-4-14(21)16(13)23-19(27)26-10-2-5-15(26)18-24-17(25-28-18)11-6-8-12(22)9-7-11/h1,3-4,6-9,15H,2,5,10H2,(H,23,27). The van der Waals surface area contributed by atoms with Crippen molar-refractivity contribution in [3.8, 4) is 11.4 Å². The summed E-state index contributed by atoms with van der Waals surface area (Å²) in [4.78, 5) is 18.8. The number of carbonyl (C=O) groups excluding carboxylic acids is 1. The fraction of sp³-hybridized carbons (Fsp3) is 0.211. The van der Waals surface area contributed by atoms with Crippen molar-refractivity contribution in [3.63, 3.8) is 0 Å². The van der Waals surface area contributed by atoms with E-state index in [1.165, 1.54) is 12.1 Å². The largest absolute Gasteiger partial charge is 0.337 e.